The van der Waals surface area contributed by atoms with Gasteiger partial charge >= 0.3 is 5.51 Å². The second-order valence-corrected chi connectivity index (χ2v) is 10.8. The van der Waals surface area contributed by atoms with Crippen molar-refractivity contribution in [2.24, 2.45) is 0 Å². The molecule has 3 aromatic carbocycles. The minimum absolute atomic E-state index is 0.581. The third kappa shape index (κ3) is 6.21. The van der Waals surface area contributed by atoms with Crippen LogP contribution in [0.25, 0.3) is 28.1 Å². The quantitative estimate of drug-likeness (QED) is 0.143. The lowest BCUT2D eigenvalue weighted by Crippen LogP contribution is -2.41. The van der Waals surface area contributed by atoms with E-state index in [1.165, 1.54) is 46.5 Å². The van der Waals surface area contributed by atoms with E-state index in [0.29, 0.717) is 10.0 Å². The van der Waals surface area contributed by atoms with Crippen LogP contribution >= 0.6 is 23.2 Å². The van der Waals surface area contributed by atoms with E-state index < -0.39 is 15.6 Å². The van der Waals surface area contributed by atoms with Gasteiger partial charge in [-0.3, -0.25) is 0 Å². The predicted molar refractivity (Wildman–Crippen MR) is 141 cm³/mol. The third-order valence-corrected chi connectivity index (χ3v) is 7.46. The van der Waals surface area contributed by atoms with Crippen LogP contribution in [0.2, 0.25) is 10.0 Å². The number of rotatable bonds is 3. The first kappa shape index (κ1) is 28.1. The van der Waals surface area contributed by atoms with Gasteiger partial charge in [0.15, 0.2) is 15.8 Å². The second-order valence-electron chi connectivity index (χ2n) is 8.64. The average Bonchev–Trinajstić information content (AvgIpc) is 2.89. The molecule has 0 saturated heterocycles. The Kier molecular flexibility index (Phi) is 8.47. The molecule has 1 aliphatic rings. The van der Waals surface area contributed by atoms with E-state index in [9.17, 15) is 13.2 Å². The summed E-state index contributed by atoms with van der Waals surface area (Å²) >= 11 is 12.7. The summed E-state index contributed by atoms with van der Waals surface area (Å²) in [5.41, 5.74) is 3.20. The topological polar surface area (TPSA) is 61.1 Å². The first-order chi connectivity index (χ1) is 18.0. The average molecular weight is 580 g/mol. The van der Waals surface area contributed by atoms with Gasteiger partial charge in [0.2, 0.25) is 11.4 Å². The smallest absolute Gasteiger partial charge is 0.485 e. The van der Waals surface area contributed by atoms with Crippen LogP contribution in [-0.4, -0.2) is 18.5 Å². The number of hydrogen-bond donors (Lipinski definition) is 0. The minimum Gasteiger partial charge on any atom is -0.741 e. The van der Waals surface area contributed by atoms with Gasteiger partial charge in [-0.25, -0.2) is 8.42 Å². The molecule has 10 heteroatoms. The van der Waals surface area contributed by atoms with Crippen LogP contribution in [0.3, 0.4) is 0 Å². The summed E-state index contributed by atoms with van der Waals surface area (Å²) in [6, 6.07) is 29.6. The Labute approximate surface area is 229 Å². The van der Waals surface area contributed by atoms with Crippen molar-refractivity contribution in [1.82, 2.24) is 0 Å². The molecule has 198 valence electrons. The van der Waals surface area contributed by atoms with Crippen molar-refractivity contribution in [2.45, 2.75) is 31.2 Å². The van der Waals surface area contributed by atoms with Crippen LogP contribution in [0, 0.1) is 0 Å². The van der Waals surface area contributed by atoms with Crippen LogP contribution in [-0.2, 0) is 23.0 Å². The van der Waals surface area contributed by atoms with Gasteiger partial charge < -0.3 is 4.55 Å². The molecule has 0 atom stereocenters. The first-order valence-electron chi connectivity index (χ1n) is 11.7. The predicted octanol–water partition coefficient (Wildman–Crippen LogP) is 7.53. The number of aromatic nitrogens is 1. The Balaban J connectivity index is 0.000000368. The van der Waals surface area contributed by atoms with Crippen LogP contribution in [0.1, 0.15) is 24.1 Å². The van der Waals surface area contributed by atoms with Gasteiger partial charge in [-0.2, -0.15) is 17.7 Å². The standard InChI is InChI=1S/C27H22Cl2N.CHF3O3S/c28-24-16-15-21(17-25(24)29)30-26-14-8-7-13-22(26)23(19-9-3-1-4-10-19)18-27(30)20-11-5-2-6-12-20;2-1(3,4)8(5,6)7/h1-6,9-12,15-18H,7-8,13-14H2;(H,5,6,7)/q+1;/p-1. The van der Waals surface area contributed by atoms with Crippen molar-refractivity contribution in [2.75, 3.05) is 0 Å². The van der Waals surface area contributed by atoms with Gasteiger partial charge in [0.05, 0.1) is 10.0 Å². The molecule has 0 N–H and O–H groups in total. The van der Waals surface area contributed by atoms with Gasteiger partial charge in [0.1, 0.15) is 0 Å². The van der Waals surface area contributed by atoms with E-state index in [4.69, 9.17) is 36.2 Å². The highest BCUT2D eigenvalue weighted by Gasteiger charge is 2.37. The van der Waals surface area contributed by atoms with Crippen LogP contribution in [0.5, 0.6) is 0 Å². The molecular formula is C28H22Cl2F3NO3S. The third-order valence-electron chi connectivity index (χ3n) is 6.15. The molecule has 1 aliphatic carbocycles. The van der Waals surface area contributed by atoms with Gasteiger partial charge in [-0.15, -0.1) is 0 Å². The molecule has 4 nitrogen and oxygen atoms in total. The van der Waals surface area contributed by atoms with E-state index in [-0.39, 0.29) is 0 Å². The Morgan fingerprint density at radius 3 is 1.87 bits per heavy atom. The summed E-state index contributed by atoms with van der Waals surface area (Å²) < 4.78 is 61.3. The molecule has 0 bridgehead atoms. The molecule has 1 aromatic heterocycles. The van der Waals surface area contributed by atoms with Crippen molar-refractivity contribution in [1.29, 1.82) is 0 Å². The number of pyridine rings is 1. The summed E-state index contributed by atoms with van der Waals surface area (Å²) in [6.07, 6.45) is 4.56. The fourth-order valence-electron chi connectivity index (χ4n) is 4.48. The van der Waals surface area contributed by atoms with E-state index in [2.05, 4.69) is 77.4 Å². The van der Waals surface area contributed by atoms with Crippen molar-refractivity contribution in [3.8, 4) is 28.1 Å². The number of halogens is 5. The lowest BCUT2D eigenvalue weighted by molar-refractivity contribution is -0.593. The molecule has 0 unspecified atom stereocenters. The SMILES string of the molecule is Clc1ccc(-[n+]2c(-c3ccccc3)cc(-c3ccccc3)c3c2CCCC3)cc1Cl.O=S(=O)([O-])C(F)(F)F. The van der Waals surface area contributed by atoms with Crippen molar-refractivity contribution in [3.63, 3.8) is 0 Å². The van der Waals surface area contributed by atoms with Crippen LogP contribution in [0.15, 0.2) is 84.9 Å². The molecule has 0 radical (unpaired) electrons. The summed E-state index contributed by atoms with van der Waals surface area (Å²) in [5, 5.41) is 1.16. The molecule has 0 amide bonds. The van der Waals surface area contributed by atoms with Gasteiger partial charge in [0.25, 0.3) is 0 Å². The molecule has 38 heavy (non-hydrogen) atoms. The summed E-state index contributed by atoms with van der Waals surface area (Å²) in [6.45, 7) is 0. The fourth-order valence-corrected chi connectivity index (χ4v) is 4.77. The van der Waals surface area contributed by atoms with E-state index in [0.717, 1.165) is 18.5 Å². The summed E-state index contributed by atoms with van der Waals surface area (Å²) in [4.78, 5) is 0. The first-order valence-corrected chi connectivity index (χ1v) is 13.8. The Bertz CT molecular complexity index is 1550. The Hall–Kier alpha value is -2.91. The van der Waals surface area contributed by atoms with Crippen LogP contribution < -0.4 is 4.57 Å². The highest BCUT2D eigenvalue weighted by molar-refractivity contribution is 7.86. The minimum atomic E-state index is -6.09. The zero-order chi connectivity index (χ0) is 27.5. The zero-order valence-corrected chi connectivity index (χ0v) is 22.2. The molecule has 5 rings (SSSR count). The summed E-state index contributed by atoms with van der Waals surface area (Å²) in [7, 11) is -6.09. The van der Waals surface area contributed by atoms with Crippen LogP contribution in [0.4, 0.5) is 13.2 Å². The largest absolute Gasteiger partial charge is 0.741 e. The number of nitrogens with zero attached hydrogens (tertiary/aromatic N) is 1. The van der Waals surface area contributed by atoms with Gasteiger partial charge in [-0.1, -0.05) is 71.7 Å². The molecule has 1 heterocycles. The fraction of sp³-hybridized carbons (Fsp3) is 0.179. The van der Waals surface area contributed by atoms with Crippen molar-refractivity contribution >= 4 is 33.3 Å². The Morgan fingerprint density at radius 1 is 0.763 bits per heavy atom. The normalized spacial score (nSPS) is 13.3. The molecule has 0 spiro atoms. The zero-order valence-electron chi connectivity index (χ0n) is 19.9. The van der Waals surface area contributed by atoms with Crippen molar-refractivity contribution < 1.29 is 30.7 Å². The van der Waals surface area contributed by atoms with Gasteiger partial charge in [-0.05, 0) is 48.6 Å². The molecule has 4 aromatic rings. The number of alkyl halides is 3. The lowest BCUT2D eigenvalue weighted by Gasteiger charge is -2.20. The molecule has 0 aliphatic heterocycles. The van der Waals surface area contributed by atoms with E-state index >= 15 is 0 Å². The van der Waals surface area contributed by atoms with Gasteiger partial charge in [0, 0.05) is 35.7 Å². The van der Waals surface area contributed by atoms with Crippen molar-refractivity contribution in [3.05, 3.63) is 106 Å². The highest BCUT2D eigenvalue weighted by atomic mass is 35.5. The number of hydrogen-bond acceptors (Lipinski definition) is 3. The molecular weight excluding hydrogens is 558 g/mol. The highest BCUT2D eigenvalue weighted by Crippen LogP contribution is 2.35. The molecule has 0 saturated carbocycles. The Morgan fingerprint density at radius 2 is 1.32 bits per heavy atom. The maximum Gasteiger partial charge on any atom is 0.485 e. The maximum absolute atomic E-state index is 10.7. The van der Waals surface area contributed by atoms with E-state index in [1.807, 2.05) is 12.1 Å². The monoisotopic (exact) mass is 579 g/mol. The number of benzene rings is 3. The number of fused-ring (bicyclic) bond motifs is 1. The van der Waals surface area contributed by atoms with E-state index in [1.54, 1.807) is 0 Å². The maximum atomic E-state index is 10.7. The molecule has 0 fully saturated rings. The summed E-state index contributed by atoms with van der Waals surface area (Å²) in [5.74, 6) is 0. The second kappa shape index (κ2) is 11.5. The lowest BCUT2D eigenvalue weighted by atomic mass is 9.87.